The molecular formula is C5H4BrNO4S2. The fourth-order valence-corrected chi connectivity index (χ4v) is 3.10. The molecule has 0 fully saturated rings. The third-order valence-corrected chi connectivity index (χ3v) is 4.07. The molecule has 0 aliphatic carbocycles. The van der Waals surface area contributed by atoms with Gasteiger partial charge in [-0.1, -0.05) is 0 Å². The quantitative estimate of drug-likeness (QED) is 0.887. The van der Waals surface area contributed by atoms with Gasteiger partial charge in [-0.05, 0) is 15.9 Å². The van der Waals surface area contributed by atoms with E-state index in [4.69, 9.17) is 5.11 Å². The Morgan fingerprint density at radius 3 is 2.69 bits per heavy atom. The second-order valence-corrected chi connectivity index (χ2v) is 6.16. The van der Waals surface area contributed by atoms with E-state index in [1.807, 2.05) is 0 Å². The summed E-state index contributed by atoms with van der Waals surface area (Å²) in [6.07, 6.45) is 0. The van der Waals surface area contributed by atoms with Gasteiger partial charge in [0.15, 0.2) is 14.7 Å². The molecule has 0 saturated heterocycles. The average Bonchev–Trinajstić information content (AvgIpc) is 2.32. The summed E-state index contributed by atoms with van der Waals surface area (Å²) in [4.78, 5) is 13.8. The van der Waals surface area contributed by atoms with E-state index in [1.165, 1.54) is 5.38 Å². The first kappa shape index (κ1) is 10.6. The van der Waals surface area contributed by atoms with E-state index < -0.39 is 21.6 Å². The van der Waals surface area contributed by atoms with Crippen molar-refractivity contribution < 1.29 is 18.3 Å². The summed E-state index contributed by atoms with van der Waals surface area (Å²) in [5.74, 6) is -2.31. The van der Waals surface area contributed by atoms with Gasteiger partial charge in [-0.3, -0.25) is 4.79 Å². The molecule has 72 valence electrons. The number of carboxylic acid groups (broad SMARTS) is 1. The Balaban J connectivity index is 3.01. The third kappa shape index (κ3) is 2.75. The first-order chi connectivity index (χ1) is 5.92. The summed E-state index contributed by atoms with van der Waals surface area (Å²) in [5.41, 5.74) is 0. The molecule has 0 aromatic carbocycles. The Kier molecular flexibility index (Phi) is 3.04. The molecule has 1 aromatic rings. The minimum absolute atomic E-state index is 0.202. The molecule has 5 nitrogen and oxygen atoms in total. The first-order valence-electron chi connectivity index (χ1n) is 2.97. The number of aliphatic carboxylic acids is 1. The highest BCUT2D eigenvalue weighted by Gasteiger charge is 2.21. The Bertz CT molecular complexity index is 423. The second-order valence-electron chi connectivity index (χ2n) is 2.09. The molecule has 1 rings (SSSR count). The number of nitrogens with zero attached hydrogens (tertiary/aromatic N) is 1. The molecule has 0 bridgehead atoms. The number of halogens is 1. The zero-order chi connectivity index (χ0) is 10.1. The topological polar surface area (TPSA) is 84.3 Å². The lowest BCUT2D eigenvalue weighted by Crippen LogP contribution is -2.15. The van der Waals surface area contributed by atoms with Crippen LogP contribution in [0.4, 0.5) is 0 Å². The van der Waals surface area contributed by atoms with E-state index in [2.05, 4.69) is 20.9 Å². The third-order valence-electron chi connectivity index (χ3n) is 1.09. The van der Waals surface area contributed by atoms with Crippen molar-refractivity contribution in [3.63, 3.8) is 0 Å². The molecule has 0 atom stereocenters. The van der Waals surface area contributed by atoms with Gasteiger partial charge < -0.3 is 5.11 Å². The number of sulfone groups is 1. The summed E-state index contributed by atoms with van der Waals surface area (Å²) in [6, 6.07) is 0. The lowest BCUT2D eigenvalue weighted by Gasteiger charge is -1.94. The van der Waals surface area contributed by atoms with E-state index in [0.29, 0.717) is 3.92 Å². The van der Waals surface area contributed by atoms with Crippen LogP contribution in [0.1, 0.15) is 0 Å². The van der Waals surface area contributed by atoms with Crippen molar-refractivity contribution in [3.05, 3.63) is 9.30 Å². The van der Waals surface area contributed by atoms with E-state index in [1.54, 1.807) is 0 Å². The molecule has 1 N–H and O–H groups in total. The predicted molar refractivity (Wildman–Crippen MR) is 49.5 cm³/mol. The Hall–Kier alpha value is -0.470. The highest BCUT2D eigenvalue weighted by atomic mass is 79.9. The van der Waals surface area contributed by atoms with Gasteiger partial charge in [-0.15, -0.1) is 11.3 Å². The minimum Gasteiger partial charge on any atom is -0.480 e. The lowest BCUT2D eigenvalue weighted by molar-refractivity contribution is -0.134. The molecular weight excluding hydrogens is 282 g/mol. The summed E-state index contributed by atoms with van der Waals surface area (Å²) < 4.78 is 22.8. The molecule has 1 heterocycles. The Morgan fingerprint density at radius 1 is 1.69 bits per heavy atom. The summed E-state index contributed by atoms with van der Waals surface area (Å²) in [5, 5.41) is 9.39. The van der Waals surface area contributed by atoms with Gasteiger partial charge in [0.2, 0.25) is 9.84 Å². The molecule has 0 unspecified atom stereocenters. The number of hydrogen-bond acceptors (Lipinski definition) is 5. The molecule has 13 heavy (non-hydrogen) atoms. The lowest BCUT2D eigenvalue weighted by atomic mass is 10.8. The SMILES string of the molecule is O=C(O)CS(=O)(=O)c1csc(Br)n1. The highest BCUT2D eigenvalue weighted by Crippen LogP contribution is 2.20. The molecule has 0 spiro atoms. The van der Waals surface area contributed by atoms with Crippen LogP contribution >= 0.6 is 27.3 Å². The largest absolute Gasteiger partial charge is 0.480 e. The van der Waals surface area contributed by atoms with Crippen molar-refractivity contribution in [2.75, 3.05) is 5.75 Å². The van der Waals surface area contributed by atoms with Crippen LogP contribution in [-0.4, -0.2) is 30.2 Å². The predicted octanol–water partition coefficient (Wildman–Crippen LogP) is 0.764. The molecule has 0 aliphatic heterocycles. The summed E-state index contributed by atoms with van der Waals surface area (Å²) in [7, 11) is -3.77. The van der Waals surface area contributed by atoms with Crippen molar-refractivity contribution in [1.29, 1.82) is 0 Å². The van der Waals surface area contributed by atoms with Crippen LogP contribution in [-0.2, 0) is 14.6 Å². The molecule has 0 radical (unpaired) electrons. The highest BCUT2D eigenvalue weighted by molar-refractivity contribution is 9.11. The molecule has 1 aromatic heterocycles. The van der Waals surface area contributed by atoms with Crippen LogP contribution < -0.4 is 0 Å². The van der Waals surface area contributed by atoms with Gasteiger partial charge in [0.1, 0.15) is 0 Å². The fraction of sp³-hybridized carbons (Fsp3) is 0.200. The second kappa shape index (κ2) is 3.72. The first-order valence-corrected chi connectivity index (χ1v) is 6.30. The normalized spacial score (nSPS) is 11.5. The van der Waals surface area contributed by atoms with Gasteiger partial charge in [0.25, 0.3) is 0 Å². The van der Waals surface area contributed by atoms with Gasteiger partial charge in [-0.2, -0.15) is 0 Å². The van der Waals surface area contributed by atoms with Crippen molar-refractivity contribution in [1.82, 2.24) is 4.98 Å². The van der Waals surface area contributed by atoms with Crippen LogP contribution in [0.3, 0.4) is 0 Å². The van der Waals surface area contributed by atoms with Crippen molar-refractivity contribution in [2.45, 2.75) is 5.03 Å². The average molecular weight is 286 g/mol. The summed E-state index contributed by atoms with van der Waals surface area (Å²) >= 11 is 4.08. The van der Waals surface area contributed by atoms with Crippen LogP contribution in [0.25, 0.3) is 0 Å². The van der Waals surface area contributed by atoms with Crippen molar-refractivity contribution in [3.8, 4) is 0 Å². The number of rotatable bonds is 3. The van der Waals surface area contributed by atoms with Crippen LogP contribution in [0, 0.1) is 0 Å². The maximum atomic E-state index is 11.2. The van der Waals surface area contributed by atoms with Crippen molar-refractivity contribution >= 4 is 43.1 Å². The molecule has 0 aliphatic rings. The van der Waals surface area contributed by atoms with Crippen LogP contribution in [0.5, 0.6) is 0 Å². The maximum Gasteiger partial charge on any atom is 0.319 e. The van der Waals surface area contributed by atoms with Gasteiger partial charge in [-0.25, -0.2) is 13.4 Å². The van der Waals surface area contributed by atoms with Crippen LogP contribution in [0.2, 0.25) is 0 Å². The van der Waals surface area contributed by atoms with Crippen LogP contribution in [0.15, 0.2) is 14.3 Å². The van der Waals surface area contributed by atoms with Gasteiger partial charge in [0.05, 0.1) is 0 Å². The molecule has 0 amide bonds. The maximum absolute atomic E-state index is 11.2. The zero-order valence-corrected chi connectivity index (χ0v) is 9.32. The summed E-state index contributed by atoms with van der Waals surface area (Å²) in [6.45, 7) is 0. The van der Waals surface area contributed by atoms with E-state index in [0.717, 1.165) is 11.3 Å². The zero-order valence-electron chi connectivity index (χ0n) is 6.10. The van der Waals surface area contributed by atoms with Gasteiger partial charge >= 0.3 is 5.97 Å². The number of carbonyl (C=O) groups is 1. The number of carboxylic acids is 1. The fourth-order valence-electron chi connectivity index (χ4n) is 0.618. The number of thiazole rings is 1. The number of aromatic nitrogens is 1. The van der Waals surface area contributed by atoms with E-state index in [9.17, 15) is 13.2 Å². The Labute approximate surface area is 86.5 Å². The smallest absolute Gasteiger partial charge is 0.319 e. The van der Waals surface area contributed by atoms with E-state index >= 15 is 0 Å². The van der Waals surface area contributed by atoms with E-state index in [-0.39, 0.29) is 5.03 Å². The Morgan fingerprint density at radius 2 is 2.31 bits per heavy atom. The monoisotopic (exact) mass is 285 g/mol. The molecule has 8 heteroatoms. The van der Waals surface area contributed by atoms with Crippen molar-refractivity contribution in [2.24, 2.45) is 0 Å². The van der Waals surface area contributed by atoms with Gasteiger partial charge in [0, 0.05) is 5.38 Å². The number of hydrogen-bond donors (Lipinski definition) is 1. The minimum atomic E-state index is -3.77. The standard InChI is InChI=1S/C5H4BrNO4S2/c6-5-7-3(1-12-5)13(10,11)2-4(8)9/h1H,2H2,(H,8,9). The molecule has 0 saturated carbocycles.